The summed E-state index contributed by atoms with van der Waals surface area (Å²) in [6, 6.07) is 12.2. The number of hydrogen-bond donors (Lipinski definition) is 0. The molecule has 0 spiro atoms. The highest BCUT2D eigenvalue weighted by molar-refractivity contribution is 6.06. The van der Waals surface area contributed by atoms with Crippen molar-refractivity contribution in [3.05, 3.63) is 48.2 Å². The van der Waals surface area contributed by atoms with Crippen molar-refractivity contribution < 1.29 is 9.53 Å². The van der Waals surface area contributed by atoms with Gasteiger partial charge in [-0.3, -0.25) is 4.79 Å². The molecule has 3 rings (SSSR count). The van der Waals surface area contributed by atoms with Gasteiger partial charge in [0.1, 0.15) is 0 Å². The van der Waals surface area contributed by atoms with Crippen molar-refractivity contribution in [1.82, 2.24) is 19.7 Å². The van der Waals surface area contributed by atoms with Crippen LogP contribution in [0.5, 0.6) is 0 Å². The highest BCUT2D eigenvalue weighted by Gasteiger charge is 2.26. The maximum absolute atomic E-state index is 13.8. The van der Waals surface area contributed by atoms with E-state index in [9.17, 15) is 4.79 Å². The minimum atomic E-state index is 0.00800. The summed E-state index contributed by atoms with van der Waals surface area (Å²) in [5.41, 5.74) is 3.15. The number of fused-ring (bicyclic) bond motifs is 1. The van der Waals surface area contributed by atoms with E-state index in [1.54, 1.807) is 13.3 Å². The van der Waals surface area contributed by atoms with Gasteiger partial charge in [0.25, 0.3) is 5.91 Å². The van der Waals surface area contributed by atoms with Gasteiger partial charge in [-0.05, 0) is 32.8 Å². The second kappa shape index (κ2) is 9.85. The number of methoxy groups -OCH3 is 1. The van der Waals surface area contributed by atoms with E-state index in [2.05, 4.69) is 32.8 Å². The van der Waals surface area contributed by atoms with Gasteiger partial charge in [0.2, 0.25) is 0 Å². The van der Waals surface area contributed by atoms with Crippen LogP contribution in [0.1, 0.15) is 56.9 Å². The molecule has 0 bridgehead atoms. The summed E-state index contributed by atoms with van der Waals surface area (Å²) < 4.78 is 7.18. The molecule has 30 heavy (non-hydrogen) atoms. The van der Waals surface area contributed by atoms with Crippen molar-refractivity contribution in [2.45, 2.75) is 52.6 Å². The monoisotopic (exact) mass is 408 g/mol. The van der Waals surface area contributed by atoms with Gasteiger partial charge < -0.3 is 9.64 Å². The molecular weight excluding hydrogens is 376 g/mol. The molecule has 0 aliphatic heterocycles. The van der Waals surface area contributed by atoms with Gasteiger partial charge in [-0.1, -0.05) is 44.2 Å². The first-order valence-electron chi connectivity index (χ1n) is 10.7. The fourth-order valence-corrected chi connectivity index (χ4v) is 3.85. The first-order chi connectivity index (χ1) is 14.5. The second-order valence-electron chi connectivity index (χ2n) is 7.80. The third kappa shape index (κ3) is 4.38. The van der Waals surface area contributed by atoms with Crippen LogP contribution in [0, 0.1) is 0 Å². The molecule has 0 radical (unpaired) electrons. The van der Waals surface area contributed by atoms with Gasteiger partial charge in [-0.25, -0.2) is 9.67 Å². The van der Waals surface area contributed by atoms with E-state index in [0.717, 1.165) is 35.1 Å². The number of rotatable bonds is 9. The number of pyridine rings is 1. The molecule has 0 aliphatic carbocycles. The van der Waals surface area contributed by atoms with E-state index >= 15 is 0 Å². The molecule has 6 heteroatoms. The smallest absolute Gasteiger partial charge is 0.255 e. The van der Waals surface area contributed by atoms with Crippen molar-refractivity contribution >= 4 is 16.9 Å². The molecule has 0 saturated heterocycles. The van der Waals surface area contributed by atoms with E-state index in [1.807, 2.05) is 46.0 Å². The summed E-state index contributed by atoms with van der Waals surface area (Å²) >= 11 is 0. The van der Waals surface area contributed by atoms with Crippen LogP contribution in [0.15, 0.2) is 42.6 Å². The molecule has 0 unspecified atom stereocenters. The lowest BCUT2D eigenvalue weighted by molar-refractivity contribution is 0.0591. The Balaban J connectivity index is 2.18. The summed E-state index contributed by atoms with van der Waals surface area (Å²) in [7, 11) is 1.67. The number of carbonyl (C=O) groups is 1. The predicted octanol–water partition coefficient (Wildman–Crippen LogP) is 4.96. The third-order valence-electron chi connectivity index (χ3n) is 5.54. The lowest BCUT2D eigenvalue weighted by Gasteiger charge is -2.30. The second-order valence-corrected chi connectivity index (χ2v) is 7.80. The van der Waals surface area contributed by atoms with E-state index in [1.165, 1.54) is 0 Å². The number of benzene rings is 1. The van der Waals surface area contributed by atoms with Gasteiger partial charge >= 0.3 is 0 Å². The molecule has 0 saturated carbocycles. The van der Waals surface area contributed by atoms with E-state index < -0.39 is 0 Å². The van der Waals surface area contributed by atoms with Gasteiger partial charge in [0.15, 0.2) is 5.65 Å². The Bertz CT molecular complexity index is 978. The summed E-state index contributed by atoms with van der Waals surface area (Å²) in [4.78, 5) is 20.6. The molecule has 2 heterocycles. The lowest BCUT2D eigenvalue weighted by atomic mass is 10.0. The van der Waals surface area contributed by atoms with E-state index in [0.29, 0.717) is 18.7 Å². The lowest BCUT2D eigenvalue weighted by Crippen LogP contribution is -2.42. The van der Waals surface area contributed by atoms with Crippen LogP contribution in [0.25, 0.3) is 22.3 Å². The Morgan fingerprint density at radius 3 is 2.47 bits per heavy atom. The van der Waals surface area contributed by atoms with Crippen molar-refractivity contribution in [2.75, 3.05) is 20.3 Å². The highest BCUT2D eigenvalue weighted by atomic mass is 16.5. The van der Waals surface area contributed by atoms with Gasteiger partial charge in [0.05, 0.1) is 29.4 Å². The van der Waals surface area contributed by atoms with Crippen LogP contribution in [0.4, 0.5) is 0 Å². The summed E-state index contributed by atoms with van der Waals surface area (Å²) in [5, 5.41) is 5.33. The van der Waals surface area contributed by atoms with Gasteiger partial charge in [-0.15, -0.1) is 0 Å². The third-order valence-corrected chi connectivity index (χ3v) is 5.54. The number of amides is 1. The van der Waals surface area contributed by atoms with E-state index in [-0.39, 0.29) is 18.0 Å². The van der Waals surface area contributed by atoms with Gasteiger partial charge in [-0.2, -0.15) is 5.10 Å². The minimum absolute atomic E-state index is 0.00800. The van der Waals surface area contributed by atoms with Crippen molar-refractivity contribution in [3.8, 4) is 11.3 Å². The first kappa shape index (κ1) is 22.0. The fraction of sp³-hybridized carbons (Fsp3) is 0.458. The molecule has 2 aromatic heterocycles. The molecule has 0 aliphatic rings. The molecule has 3 aromatic rings. The fourth-order valence-electron chi connectivity index (χ4n) is 3.85. The Morgan fingerprint density at radius 2 is 1.87 bits per heavy atom. The van der Waals surface area contributed by atoms with Gasteiger partial charge in [0, 0.05) is 31.3 Å². The van der Waals surface area contributed by atoms with Crippen molar-refractivity contribution in [2.24, 2.45) is 0 Å². The highest BCUT2D eigenvalue weighted by Crippen LogP contribution is 2.28. The molecule has 1 aromatic carbocycles. The molecule has 0 N–H and O–H groups in total. The standard InChI is InChI=1S/C24H32N4O2/c1-6-19(7-2)27(13-14-30-5)24(29)20-15-22(18-11-9-8-10-12-18)26-23-21(20)16-25-28(23)17(3)4/h8-12,15-17,19H,6-7,13-14H2,1-5H3. The van der Waals surface area contributed by atoms with E-state index in [4.69, 9.17) is 9.72 Å². The summed E-state index contributed by atoms with van der Waals surface area (Å²) in [6.45, 7) is 9.45. The Hall–Kier alpha value is -2.73. The number of nitrogens with zero attached hydrogens (tertiary/aromatic N) is 4. The number of carbonyl (C=O) groups excluding carboxylic acids is 1. The molecule has 0 atom stereocenters. The predicted molar refractivity (Wildman–Crippen MR) is 121 cm³/mol. The zero-order valence-electron chi connectivity index (χ0n) is 18.6. The molecule has 6 nitrogen and oxygen atoms in total. The number of ether oxygens (including phenoxy) is 1. The van der Waals surface area contributed by atoms with Crippen LogP contribution < -0.4 is 0 Å². The molecule has 160 valence electrons. The number of hydrogen-bond acceptors (Lipinski definition) is 4. The molecular formula is C24H32N4O2. The maximum atomic E-state index is 13.8. The van der Waals surface area contributed by atoms with Crippen LogP contribution in [-0.4, -0.2) is 51.9 Å². The summed E-state index contributed by atoms with van der Waals surface area (Å²) in [5.74, 6) is 0.00800. The average molecular weight is 409 g/mol. The maximum Gasteiger partial charge on any atom is 0.255 e. The minimum Gasteiger partial charge on any atom is -0.383 e. The molecule has 1 amide bonds. The van der Waals surface area contributed by atoms with Crippen molar-refractivity contribution in [3.63, 3.8) is 0 Å². The van der Waals surface area contributed by atoms with Crippen LogP contribution in [0.2, 0.25) is 0 Å². The Morgan fingerprint density at radius 1 is 1.17 bits per heavy atom. The van der Waals surface area contributed by atoms with Crippen LogP contribution >= 0.6 is 0 Å². The SMILES string of the molecule is CCC(CC)N(CCOC)C(=O)c1cc(-c2ccccc2)nc2c1cnn2C(C)C. The zero-order chi connectivity index (χ0) is 21.7. The van der Waals surface area contributed by atoms with Crippen LogP contribution in [0.3, 0.4) is 0 Å². The topological polar surface area (TPSA) is 60.2 Å². The first-order valence-corrected chi connectivity index (χ1v) is 10.7. The summed E-state index contributed by atoms with van der Waals surface area (Å²) in [6.07, 6.45) is 3.57. The Labute approximate surface area is 178 Å². The van der Waals surface area contributed by atoms with Crippen molar-refractivity contribution in [1.29, 1.82) is 0 Å². The number of aromatic nitrogens is 3. The zero-order valence-corrected chi connectivity index (χ0v) is 18.6. The molecule has 0 fully saturated rings. The largest absolute Gasteiger partial charge is 0.383 e. The van der Waals surface area contributed by atoms with Crippen LogP contribution in [-0.2, 0) is 4.74 Å². The Kier molecular flexibility index (Phi) is 7.21. The average Bonchev–Trinajstić information content (AvgIpc) is 3.20. The normalized spacial score (nSPS) is 11.6. The quantitative estimate of drug-likeness (QED) is 0.502.